The van der Waals surface area contributed by atoms with E-state index in [0.717, 1.165) is 31.3 Å². The highest BCUT2D eigenvalue weighted by molar-refractivity contribution is 9.10. The van der Waals surface area contributed by atoms with E-state index in [-0.39, 0.29) is 5.91 Å². The van der Waals surface area contributed by atoms with Crippen molar-refractivity contribution in [3.63, 3.8) is 0 Å². The number of hydrogen-bond donors (Lipinski definition) is 0. The molecule has 4 rings (SSSR count). The third-order valence-electron chi connectivity index (χ3n) is 5.14. The summed E-state index contributed by atoms with van der Waals surface area (Å²) < 4.78 is 13.4. The highest BCUT2D eigenvalue weighted by atomic mass is 79.9. The van der Waals surface area contributed by atoms with Crippen molar-refractivity contribution < 1.29 is 14.3 Å². The number of carbonyl (C=O) groups is 1. The second-order valence-electron chi connectivity index (χ2n) is 7.07. The number of benzene rings is 3. The van der Waals surface area contributed by atoms with Gasteiger partial charge in [0, 0.05) is 22.2 Å². The minimum absolute atomic E-state index is 0.00866. The maximum absolute atomic E-state index is 13.0. The van der Waals surface area contributed by atoms with Gasteiger partial charge in [-0.2, -0.15) is 0 Å². The van der Waals surface area contributed by atoms with Crippen molar-refractivity contribution in [3.8, 4) is 11.5 Å². The first kappa shape index (κ1) is 21.7. The van der Waals surface area contributed by atoms with Gasteiger partial charge in [0.25, 0.3) is 5.91 Å². The quantitative estimate of drug-likeness (QED) is 0.325. The SMILES string of the molecule is CCN1C(=O)/C(=C\c2cc(Br)c(OCc3ccc(Br)cc3)c(OC)c2)c2ccccc21. The van der Waals surface area contributed by atoms with Gasteiger partial charge in [0.15, 0.2) is 11.5 Å². The molecule has 3 aromatic carbocycles. The van der Waals surface area contributed by atoms with Crippen molar-refractivity contribution in [3.05, 3.63) is 86.3 Å². The molecule has 1 heterocycles. The van der Waals surface area contributed by atoms with Crippen LogP contribution < -0.4 is 14.4 Å². The summed E-state index contributed by atoms with van der Waals surface area (Å²) in [7, 11) is 1.61. The van der Waals surface area contributed by atoms with E-state index in [1.54, 1.807) is 12.0 Å². The third kappa shape index (κ3) is 4.41. The number of amides is 1. The zero-order valence-corrected chi connectivity index (χ0v) is 20.4. The Balaban J connectivity index is 1.65. The summed E-state index contributed by atoms with van der Waals surface area (Å²) in [5.41, 5.74) is 4.48. The van der Waals surface area contributed by atoms with Crippen molar-refractivity contribution >= 4 is 55.1 Å². The molecule has 0 radical (unpaired) electrons. The average molecular weight is 543 g/mol. The number of hydrogen-bond acceptors (Lipinski definition) is 3. The molecule has 4 nitrogen and oxygen atoms in total. The first-order chi connectivity index (χ1) is 15.0. The number of fused-ring (bicyclic) bond motifs is 1. The molecule has 1 amide bonds. The third-order valence-corrected chi connectivity index (χ3v) is 6.25. The number of likely N-dealkylation sites (N-methyl/N-ethyl adjacent to an activating group) is 1. The predicted octanol–water partition coefficient (Wildman–Crippen LogP) is 6.71. The van der Waals surface area contributed by atoms with Gasteiger partial charge in [-0.15, -0.1) is 0 Å². The standard InChI is InChI=1S/C25H21Br2NO3/c1-3-28-22-7-5-4-6-19(22)20(25(28)29)12-17-13-21(27)24(23(14-17)30-2)31-15-16-8-10-18(26)11-9-16/h4-14H,3,15H2,1-2H3/b20-12-. The van der Waals surface area contributed by atoms with E-state index in [1.807, 2.05) is 73.7 Å². The molecule has 0 spiro atoms. The molecule has 1 aliphatic heterocycles. The summed E-state index contributed by atoms with van der Waals surface area (Å²) in [5.74, 6) is 1.24. The van der Waals surface area contributed by atoms with Crippen molar-refractivity contribution in [2.24, 2.45) is 0 Å². The second kappa shape index (κ2) is 9.28. The van der Waals surface area contributed by atoms with Gasteiger partial charge in [-0.3, -0.25) is 4.79 Å². The minimum Gasteiger partial charge on any atom is -0.493 e. The van der Waals surface area contributed by atoms with Crippen LogP contribution in [0.15, 0.2) is 69.6 Å². The maximum atomic E-state index is 13.0. The average Bonchev–Trinajstić information content (AvgIpc) is 3.04. The van der Waals surface area contributed by atoms with Crippen LogP contribution in [0.2, 0.25) is 0 Å². The zero-order chi connectivity index (χ0) is 22.0. The van der Waals surface area contributed by atoms with Crippen LogP contribution >= 0.6 is 31.9 Å². The molecule has 0 aromatic heterocycles. The van der Waals surface area contributed by atoms with Crippen molar-refractivity contribution in [1.82, 2.24) is 0 Å². The summed E-state index contributed by atoms with van der Waals surface area (Å²) in [6.07, 6.45) is 1.91. The number of carbonyl (C=O) groups excluding carboxylic acids is 1. The molecule has 158 valence electrons. The highest BCUT2D eigenvalue weighted by Gasteiger charge is 2.30. The van der Waals surface area contributed by atoms with Crippen LogP contribution in [0, 0.1) is 0 Å². The van der Waals surface area contributed by atoms with E-state index < -0.39 is 0 Å². The summed E-state index contributed by atoms with van der Waals surface area (Å²) >= 11 is 7.05. The first-order valence-electron chi connectivity index (χ1n) is 9.89. The summed E-state index contributed by atoms with van der Waals surface area (Å²) in [6, 6.07) is 19.7. The molecule has 1 aliphatic rings. The lowest BCUT2D eigenvalue weighted by molar-refractivity contribution is -0.112. The molecule has 31 heavy (non-hydrogen) atoms. The number of para-hydroxylation sites is 1. The van der Waals surface area contributed by atoms with Gasteiger partial charge in [0.1, 0.15) is 6.61 Å². The number of halogens is 2. The van der Waals surface area contributed by atoms with Gasteiger partial charge >= 0.3 is 0 Å². The van der Waals surface area contributed by atoms with E-state index in [1.165, 1.54) is 0 Å². The van der Waals surface area contributed by atoms with E-state index in [9.17, 15) is 4.79 Å². The largest absolute Gasteiger partial charge is 0.493 e. The number of nitrogens with zero attached hydrogens (tertiary/aromatic N) is 1. The fourth-order valence-corrected chi connectivity index (χ4v) is 4.46. The van der Waals surface area contributed by atoms with Crippen LogP contribution in [0.3, 0.4) is 0 Å². The number of anilines is 1. The number of methoxy groups -OCH3 is 1. The van der Waals surface area contributed by atoms with Crippen molar-refractivity contribution in [2.75, 3.05) is 18.6 Å². The summed E-state index contributed by atoms with van der Waals surface area (Å²) in [4.78, 5) is 14.8. The normalized spacial score (nSPS) is 14.1. The molecule has 0 atom stereocenters. The Hall–Kier alpha value is -2.57. The van der Waals surface area contributed by atoms with Gasteiger partial charge in [-0.25, -0.2) is 0 Å². The Bertz CT molecular complexity index is 1160. The lowest BCUT2D eigenvalue weighted by atomic mass is 10.0. The smallest absolute Gasteiger partial charge is 0.258 e. The van der Waals surface area contributed by atoms with E-state index in [4.69, 9.17) is 9.47 Å². The maximum Gasteiger partial charge on any atom is 0.258 e. The molecule has 0 aliphatic carbocycles. The van der Waals surface area contributed by atoms with Gasteiger partial charge < -0.3 is 14.4 Å². The fraction of sp³-hybridized carbons (Fsp3) is 0.160. The topological polar surface area (TPSA) is 38.8 Å². The number of ether oxygens (including phenoxy) is 2. The van der Waals surface area contributed by atoms with Crippen LogP contribution in [0.5, 0.6) is 11.5 Å². The minimum atomic E-state index is 0.00866. The predicted molar refractivity (Wildman–Crippen MR) is 132 cm³/mol. The molecule has 0 saturated carbocycles. The molecular weight excluding hydrogens is 522 g/mol. The lowest BCUT2D eigenvalue weighted by Gasteiger charge is -2.14. The number of rotatable bonds is 6. The van der Waals surface area contributed by atoms with Gasteiger partial charge in [-0.05, 0) is 70.4 Å². The molecule has 3 aromatic rings. The molecule has 6 heteroatoms. The first-order valence-corrected chi connectivity index (χ1v) is 11.5. The van der Waals surface area contributed by atoms with Crippen molar-refractivity contribution in [2.45, 2.75) is 13.5 Å². The zero-order valence-electron chi connectivity index (χ0n) is 17.2. The molecule has 0 bridgehead atoms. The lowest BCUT2D eigenvalue weighted by Crippen LogP contribution is -2.25. The van der Waals surface area contributed by atoms with Crippen molar-refractivity contribution in [1.29, 1.82) is 0 Å². The van der Waals surface area contributed by atoms with Crippen LogP contribution in [-0.2, 0) is 11.4 Å². The van der Waals surface area contributed by atoms with Crippen LogP contribution in [0.25, 0.3) is 11.6 Å². The van der Waals surface area contributed by atoms with Crippen LogP contribution in [0.4, 0.5) is 5.69 Å². The Labute approximate surface area is 198 Å². The van der Waals surface area contributed by atoms with E-state index in [2.05, 4.69) is 31.9 Å². The Morgan fingerprint density at radius 2 is 1.77 bits per heavy atom. The monoisotopic (exact) mass is 541 g/mol. The van der Waals surface area contributed by atoms with Gasteiger partial charge in [-0.1, -0.05) is 46.3 Å². The second-order valence-corrected chi connectivity index (χ2v) is 8.84. The van der Waals surface area contributed by atoms with Crippen LogP contribution in [-0.4, -0.2) is 19.6 Å². The Kier molecular flexibility index (Phi) is 6.49. The fourth-order valence-electron chi connectivity index (χ4n) is 3.63. The Morgan fingerprint density at radius 1 is 1.03 bits per heavy atom. The molecule has 0 saturated heterocycles. The molecule has 0 unspecified atom stereocenters. The van der Waals surface area contributed by atoms with Gasteiger partial charge in [0.05, 0.1) is 17.3 Å². The van der Waals surface area contributed by atoms with Gasteiger partial charge in [0.2, 0.25) is 0 Å². The molecule has 0 fully saturated rings. The summed E-state index contributed by atoms with van der Waals surface area (Å²) in [5, 5.41) is 0. The van der Waals surface area contributed by atoms with E-state index in [0.29, 0.717) is 30.2 Å². The van der Waals surface area contributed by atoms with Crippen LogP contribution in [0.1, 0.15) is 23.6 Å². The summed E-state index contributed by atoms with van der Waals surface area (Å²) in [6.45, 7) is 3.03. The highest BCUT2D eigenvalue weighted by Crippen LogP contribution is 2.41. The Morgan fingerprint density at radius 3 is 2.48 bits per heavy atom. The van der Waals surface area contributed by atoms with E-state index >= 15 is 0 Å². The molecular formula is C25H21Br2NO3. The molecule has 0 N–H and O–H groups in total.